The summed E-state index contributed by atoms with van der Waals surface area (Å²) in [4.78, 5) is 4.02. The van der Waals surface area contributed by atoms with Gasteiger partial charge in [-0.15, -0.1) is 10.2 Å². The summed E-state index contributed by atoms with van der Waals surface area (Å²) in [6.07, 6.45) is 5.51. The number of rotatable bonds is 3. The van der Waals surface area contributed by atoms with Gasteiger partial charge in [0.05, 0.1) is 6.33 Å². The first-order chi connectivity index (χ1) is 8.81. The minimum Gasteiger partial charge on any atom is -0.421 e. The molecule has 0 N–H and O–H groups in total. The van der Waals surface area contributed by atoms with Crippen LogP contribution >= 0.6 is 0 Å². The van der Waals surface area contributed by atoms with Crippen LogP contribution < -0.4 is 0 Å². The van der Waals surface area contributed by atoms with Crippen molar-refractivity contribution in [2.24, 2.45) is 0 Å². The maximum Gasteiger partial charge on any atom is 0.247 e. The van der Waals surface area contributed by atoms with Gasteiger partial charge in [0.25, 0.3) is 0 Å². The van der Waals surface area contributed by atoms with Crippen LogP contribution in [0.2, 0.25) is 0 Å². The standard InChI is InChI=1S/C13H12N4O/c1-10-15-16-13(18-10)12-4-2-11(3-5-12)8-17-7-6-14-9-17/h2-7,9H,8H2,1H3. The summed E-state index contributed by atoms with van der Waals surface area (Å²) in [6.45, 7) is 2.59. The van der Waals surface area contributed by atoms with Gasteiger partial charge in [-0.3, -0.25) is 0 Å². The SMILES string of the molecule is Cc1nnc(-c2ccc(Cn3ccnc3)cc2)o1. The molecule has 3 rings (SSSR count). The first-order valence-electron chi connectivity index (χ1n) is 5.66. The van der Waals surface area contributed by atoms with E-state index in [0.717, 1.165) is 12.1 Å². The summed E-state index contributed by atoms with van der Waals surface area (Å²) in [7, 11) is 0. The maximum atomic E-state index is 5.38. The summed E-state index contributed by atoms with van der Waals surface area (Å²) < 4.78 is 7.40. The Morgan fingerprint density at radius 1 is 1.17 bits per heavy atom. The molecular formula is C13H12N4O. The minimum absolute atomic E-state index is 0.557. The van der Waals surface area contributed by atoms with Crippen molar-refractivity contribution in [1.82, 2.24) is 19.7 Å². The Balaban J connectivity index is 1.81. The van der Waals surface area contributed by atoms with E-state index in [9.17, 15) is 0 Å². The molecule has 0 unspecified atom stereocenters. The number of benzene rings is 1. The molecule has 3 aromatic rings. The highest BCUT2D eigenvalue weighted by Crippen LogP contribution is 2.18. The lowest BCUT2D eigenvalue weighted by Crippen LogP contribution is -1.95. The van der Waals surface area contributed by atoms with Crippen LogP contribution in [0.4, 0.5) is 0 Å². The number of imidazole rings is 1. The third-order valence-electron chi connectivity index (χ3n) is 2.65. The van der Waals surface area contributed by atoms with Crippen molar-refractivity contribution >= 4 is 0 Å². The molecule has 0 fully saturated rings. The summed E-state index contributed by atoms with van der Waals surface area (Å²) in [5.74, 6) is 1.13. The Bertz CT molecular complexity index is 625. The molecule has 0 saturated carbocycles. The van der Waals surface area contributed by atoms with Crippen molar-refractivity contribution < 1.29 is 4.42 Å². The zero-order chi connectivity index (χ0) is 12.4. The molecular weight excluding hydrogens is 228 g/mol. The molecule has 0 aliphatic carbocycles. The van der Waals surface area contributed by atoms with Crippen molar-refractivity contribution in [3.63, 3.8) is 0 Å². The van der Waals surface area contributed by atoms with Gasteiger partial charge in [0.1, 0.15) is 0 Å². The highest BCUT2D eigenvalue weighted by atomic mass is 16.4. The van der Waals surface area contributed by atoms with Crippen molar-refractivity contribution in [2.45, 2.75) is 13.5 Å². The van der Waals surface area contributed by atoms with Gasteiger partial charge in [0, 0.05) is 31.4 Å². The van der Waals surface area contributed by atoms with Crippen LogP contribution in [0, 0.1) is 6.92 Å². The van der Waals surface area contributed by atoms with E-state index < -0.39 is 0 Å². The van der Waals surface area contributed by atoms with Gasteiger partial charge < -0.3 is 8.98 Å². The molecule has 5 nitrogen and oxygen atoms in total. The minimum atomic E-state index is 0.557. The first-order valence-corrected chi connectivity index (χ1v) is 5.66. The first kappa shape index (κ1) is 10.7. The molecule has 0 amide bonds. The molecule has 0 aliphatic rings. The molecule has 2 heterocycles. The highest BCUT2D eigenvalue weighted by Gasteiger charge is 2.05. The average molecular weight is 240 g/mol. The predicted octanol–water partition coefficient (Wildman–Crippen LogP) is 2.29. The lowest BCUT2D eigenvalue weighted by Gasteiger charge is -2.02. The Hall–Kier alpha value is -2.43. The number of hydrogen-bond donors (Lipinski definition) is 0. The molecule has 0 atom stereocenters. The maximum absolute atomic E-state index is 5.38. The monoisotopic (exact) mass is 240 g/mol. The molecule has 0 radical (unpaired) electrons. The Morgan fingerprint density at radius 2 is 2.00 bits per heavy atom. The van der Waals surface area contributed by atoms with E-state index in [2.05, 4.69) is 27.3 Å². The molecule has 90 valence electrons. The van der Waals surface area contributed by atoms with Crippen molar-refractivity contribution in [2.75, 3.05) is 0 Å². The topological polar surface area (TPSA) is 56.7 Å². The quantitative estimate of drug-likeness (QED) is 0.704. The van der Waals surface area contributed by atoms with Crippen LogP contribution in [0.25, 0.3) is 11.5 Å². The second kappa shape index (κ2) is 4.44. The molecule has 0 saturated heterocycles. The van der Waals surface area contributed by atoms with Crippen LogP contribution in [0.5, 0.6) is 0 Å². The molecule has 2 aromatic heterocycles. The summed E-state index contributed by atoms with van der Waals surface area (Å²) in [5, 5.41) is 7.81. The number of nitrogens with zero attached hydrogens (tertiary/aromatic N) is 4. The number of aryl methyl sites for hydroxylation is 1. The fourth-order valence-electron chi connectivity index (χ4n) is 1.76. The molecule has 18 heavy (non-hydrogen) atoms. The largest absolute Gasteiger partial charge is 0.421 e. The van der Waals surface area contributed by atoms with Crippen LogP contribution in [-0.4, -0.2) is 19.7 Å². The zero-order valence-corrected chi connectivity index (χ0v) is 9.95. The zero-order valence-electron chi connectivity index (χ0n) is 9.95. The molecule has 5 heteroatoms. The lowest BCUT2D eigenvalue weighted by molar-refractivity contribution is 0.533. The van der Waals surface area contributed by atoms with Crippen molar-refractivity contribution in [3.8, 4) is 11.5 Å². The average Bonchev–Trinajstić information content (AvgIpc) is 3.02. The molecule has 0 aliphatic heterocycles. The second-order valence-electron chi connectivity index (χ2n) is 4.06. The summed E-state index contributed by atoms with van der Waals surface area (Å²) in [5.41, 5.74) is 2.14. The third-order valence-corrected chi connectivity index (χ3v) is 2.65. The highest BCUT2D eigenvalue weighted by molar-refractivity contribution is 5.52. The number of hydrogen-bond acceptors (Lipinski definition) is 4. The Morgan fingerprint density at radius 3 is 2.61 bits per heavy atom. The van der Waals surface area contributed by atoms with Crippen molar-refractivity contribution in [3.05, 3.63) is 54.4 Å². The van der Waals surface area contributed by atoms with E-state index in [4.69, 9.17) is 4.42 Å². The Kier molecular flexibility index (Phi) is 2.64. The van der Waals surface area contributed by atoms with Gasteiger partial charge in [-0.25, -0.2) is 4.98 Å². The van der Waals surface area contributed by atoms with Crippen molar-refractivity contribution in [1.29, 1.82) is 0 Å². The van der Waals surface area contributed by atoms with Crippen LogP contribution in [0.3, 0.4) is 0 Å². The summed E-state index contributed by atoms with van der Waals surface area (Å²) >= 11 is 0. The van der Waals surface area contributed by atoms with Gasteiger partial charge in [0.15, 0.2) is 0 Å². The van der Waals surface area contributed by atoms with Gasteiger partial charge >= 0.3 is 0 Å². The van der Waals surface area contributed by atoms with Gasteiger partial charge in [-0.05, 0) is 17.7 Å². The lowest BCUT2D eigenvalue weighted by atomic mass is 10.1. The number of aromatic nitrogens is 4. The van der Waals surface area contributed by atoms with Gasteiger partial charge in [0.2, 0.25) is 11.8 Å². The van der Waals surface area contributed by atoms with Gasteiger partial charge in [-0.1, -0.05) is 12.1 Å². The van der Waals surface area contributed by atoms with Crippen LogP contribution in [0.15, 0.2) is 47.4 Å². The van der Waals surface area contributed by atoms with E-state index in [1.807, 2.05) is 22.9 Å². The fourth-order valence-corrected chi connectivity index (χ4v) is 1.76. The van der Waals surface area contributed by atoms with E-state index >= 15 is 0 Å². The van der Waals surface area contributed by atoms with E-state index in [1.165, 1.54) is 5.56 Å². The predicted molar refractivity (Wildman–Crippen MR) is 65.8 cm³/mol. The van der Waals surface area contributed by atoms with Crippen LogP contribution in [-0.2, 0) is 6.54 Å². The van der Waals surface area contributed by atoms with E-state index in [0.29, 0.717) is 11.8 Å². The Labute approximate surface area is 104 Å². The summed E-state index contributed by atoms with van der Waals surface area (Å²) in [6, 6.07) is 8.07. The van der Waals surface area contributed by atoms with Crippen LogP contribution in [0.1, 0.15) is 11.5 Å². The van der Waals surface area contributed by atoms with E-state index in [1.54, 1.807) is 19.4 Å². The van der Waals surface area contributed by atoms with E-state index in [-0.39, 0.29) is 0 Å². The molecule has 0 bridgehead atoms. The second-order valence-corrected chi connectivity index (χ2v) is 4.06. The molecule has 1 aromatic carbocycles. The van der Waals surface area contributed by atoms with Gasteiger partial charge in [-0.2, -0.15) is 0 Å². The fraction of sp³-hybridized carbons (Fsp3) is 0.154. The normalized spacial score (nSPS) is 10.7. The molecule has 0 spiro atoms. The smallest absolute Gasteiger partial charge is 0.247 e. The third kappa shape index (κ3) is 2.15.